The van der Waals surface area contributed by atoms with Crippen molar-refractivity contribution >= 4 is 5.82 Å². The zero-order valence-electron chi connectivity index (χ0n) is 13.3. The summed E-state index contributed by atoms with van der Waals surface area (Å²) < 4.78 is 15.6. The maximum Gasteiger partial charge on any atom is 0.174 e. The van der Waals surface area contributed by atoms with E-state index in [-0.39, 0.29) is 6.54 Å². The number of hydrogen-bond donors (Lipinski definition) is 1. The molecule has 0 saturated heterocycles. The van der Waals surface area contributed by atoms with Crippen LogP contribution in [0.1, 0.15) is 22.5 Å². The van der Waals surface area contributed by atoms with E-state index in [1.54, 1.807) is 29.2 Å². The molecule has 0 fully saturated rings. The molecule has 1 aromatic carbocycles. The third-order valence-electron chi connectivity index (χ3n) is 3.49. The smallest absolute Gasteiger partial charge is 0.174 e. The number of hydrogen-bond acceptors (Lipinski definition) is 5. The van der Waals surface area contributed by atoms with Gasteiger partial charge in [-0.05, 0) is 32.0 Å². The van der Waals surface area contributed by atoms with Gasteiger partial charge in [0.25, 0.3) is 0 Å². The molecule has 0 radical (unpaired) electrons. The Kier molecular flexibility index (Phi) is 4.20. The molecule has 2 heterocycles. The van der Waals surface area contributed by atoms with Gasteiger partial charge in [0.15, 0.2) is 5.82 Å². The van der Waals surface area contributed by atoms with Crippen LogP contribution in [0.4, 0.5) is 10.2 Å². The lowest BCUT2D eigenvalue weighted by Gasteiger charge is -2.09. The molecule has 6 nitrogen and oxygen atoms in total. The van der Waals surface area contributed by atoms with E-state index in [9.17, 15) is 4.39 Å². The lowest BCUT2D eigenvalue weighted by Crippen LogP contribution is -2.08. The van der Waals surface area contributed by atoms with Gasteiger partial charge in [0.2, 0.25) is 0 Å². The molecule has 0 aliphatic carbocycles. The molecule has 2 aromatic heterocycles. The van der Waals surface area contributed by atoms with Gasteiger partial charge in [-0.15, -0.1) is 0 Å². The first-order valence-corrected chi connectivity index (χ1v) is 7.35. The van der Waals surface area contributed by atoms with E-state index in [1.165, 1.54) is 6.07 Å². The van der Waals surface area contributed by atoms with Crippen LogP contribution < -0.4 is 5.32 Å². The maximum absolute atomic E-state index is 13.9. The number of nitriles is 1. The summed E-state index contributed by atoms with van der Waals surface area (Å²) >= 11 is 0. The summed E-state index contributed by atoms with van der Waals surface area (Å²) in [5.74, 6) is 0.680. The van der Waals surface area contributed by atoms with E-state index in [2.05, 4.69) is 20.4 Å². The molecule has 0 atom stereocenters. The van der Waals surface area contributed by atoms with E-state index in [4.69, 9.17) is 5.26 Å². The largest absolute Gasteiger partial charge is 0.365 e. The van der Waals surface area contributed by atoms with Crippen LogP contribution in [-0.2, 0) is 6.54 Å². The lowest BCUT2D eigenvalue weighted by atomic mass is 10.1. The Labute approximate surface area is 138 Å². The van der Waals surface area contributed by atoms with Crippen molar-refractivity contribution in [3.63, 3.8) is 0 Å². The number of benzene rings is 1. The Hall–Kier alpha value is -3.27. The van der Waals surface area contributed by atoms with E-state index < -0.39 is 5.82 Å². The summed E-state index contributed by atoms with van der Waals surface area (Å²) in [6.07, 6.45) is 3.18. The van der Waals surface area contributed by atoms with Crippen molar-refractivity contribution < 1.29 is 4.39 Å². The highest BCUT2D eigenvalue weighted by Crippen LogP contribution is 2.14. The fourth-order valence-electron chi connectivity index (χ4n) is 2.35. The summed E-state index contributed by atoms with van der Waals surface area (Å²) in [7, 11) is 0. The Bertz CT molecular complexity index is 925. The molecule has 1 N–H and O–H groups in total. The van der Waals surface area contributed by atoms with Crippen molar-refractivity contribution in [3.05, 3.63) is 65.0 Å². The Morgan fingerprint density at radius 1 is 1.25 bits per heavy atom. The van der Waals surface area contributed by atoms with Crippen LogP contribution in [0.15, 0.2) is 36.7 Å². The molecule has 0 saturated carbocycles. The van der Waals surface area contributed by atoms with Crippen molar-refractivity contribution in [1.82, 2.24) is 19.7 Å². The molecule has 7 heteroatoms. The first-order valence-electron chi connectivity index (χ1n) is 7.35. The van der Waals surface area contributed by atoms with Crippen LogP contribution in [0.25, 0.3) is 5.82 Å². The second-order valence-corrected chi connectivity index (χ2v) is 5.37. The summed E-state index contributed by atoms with van der Waals surface area (Å²) in [5.41, 5.74) is 2.60. The molecule has 0 unspecified atom stereocenters. The van der Waals surface area contributed by atoms with Gasteiger partial charge in [-0.1, -0.05) is 6.07 Å². The second-order valence-electron chi connectivity index (χ2n) is 5.37. The molecular weight excluding hydrogens is 307 g/mol. The normalized spacial score (nSPS) is 10.4. The minimum absolute atomic E-state index is 0.243. The van der Waals surface area contributed by atoms with Crippen molar-refractivity contribution in [2.24, 2.45) is 0 Å². The third kappa shape index (κ3) is 3.22. The van der Waals surface area contributed by atoms with Crippen LogP contribution in [0.5, 0.6) is 0 Å². The molecular formula is C17H15FN6. The van der Waals surface area contributed by atoms with Crippen LogP contribution in [0.3, 0.4) is 0 Å². The fraction of sp³-hybridized carbons (Fsp3) is 0.176. The van der Waals surface area contributed by atoms with E-state index in [1.807, 2.05) is 26.0 Å². The number of aromatic nitrogens is 4. The highest BCUT2D eigenvalue weighted by molar-refractivity contribution is 5.39. The number of aryl methyl sites for hydroxylation is 2. The average molecular weight is 322 g/mol. The molecule has 3 aromatic rings. The third-order valence-corrected chi connectivity index (χ3v) is 3.49. The van der Waals surface area contributed by atoms with Gasteiger partial charge in [-0.3, -0.25) is 4.98 Å². The Morgan fingerprint density at radius 2 is 2.08 bits per heavy atom. The summed E-state index contributed by atoms with van der Waals surface area (Å²) in [4.78, 5) is 8.60. The summed E-state index contributed by atoms with van der Waals surface area (Å²) in [6.45, 7) is 4.09. The zero-order chi connectivity index (χ0) is 17.1. The van der Waals surface area contributed by atoms with Crippen molar-refractivity contribution in [1.29, 1.82) is 5.26 Å². The SMILES string of the molecule is Cc1cc(C)n(-c2cncc(NCc3ccc(C#N)cc3F)n2)n1. The molecule has 0 spiro atoms. The first-order chi connectivity index (χ1) is 11.6. The molecule has 0 bridgehead atoms. The van der Waals surface area contributed by atoms with Crippen molar-refractivity contribution in [2.75, 3.05) is 5.32 Å². The van der Waals surface area contributed by atoms with Gasteiger partial charge in [0.05, 0.1) is 29.7 Å². The minimum atomic E-state index is -0.427. The predicted molar refractivity (Wildman–Crippen MR) is 87.1 cm³/mol. The quantitative estimate of drug-likeness (QED) is 0.799. The molecule has 120 valence electrons. The number of nitrogens with zero attached hydrogens (tertiary/aromatic N) is 5. The number of halogens is 1. The highest BCUT2D eigenvalue weighted by atomic mass is 19.1. The average Bonchev–Trinajstić information content (AvgIpc) is 2.92. The number of anilines is 1. The minimum Gasteiger partial charge on any atom is -0.365 e. The van der Waals surface area contributed by atoms with Crippen LogP contribution >= 0.6 is 0 Å². The van der Waals surface area contributed by atoms with Gasteiger partial charge < -0.3 is 5.32 Å². The van der Waals surface area contributed by atoms with E-state index in [0.29, 0.717) is 22.8 Å². The summed E-state index contributed by atoms with van der Waals surface area (Å²) in [5, 5.41) is 16.2. The van der Waals surface area contributed by atoms with Gasteiger partial charge in [-0.25, -0.2) is 14.1 Å². The highest BCUT2D eigenvalue weighted by Gasteiger charge is 2.08. The van der Waals surface area contributed by atoms with Gasteiger partial charge >= 0.3 is 0 Å². The fourth-order valence-corrected chi connectivity index (χ4v) is 2.35. The van der Waals surface area contributed by atoms with Crippen LogP contribution in [-0.4, -0.2) is 19.7 Å². The van der Waals surface area contributed by atoms with Crippen LogP contribution in [0, 0.1) is 31.0 Å². The van der Waals surface area contributed by atoms with E-state index in [0.717, 1.165) is 11.4 Å². The molecule has 0 aliphatic heterocycles. The molecule has 0 aliphatic rings. The zero-order valence-corrected chi connectivity index (χ0v) is 13.3. The van der Waals surface area contributed by atoms with Crippen molar-refractivity contribution in [2.45, 2.75) is 20.4 Å². The lowest BCUT2D eigenvalue weighted by molar-refractivity contribution is 0.612. The van der Waals surface area contributed by atoms with Gasteiger partial charge in [0, 0.05) is 17.8 Å². The standard InChI is InChI=1S/C17H15FN6/c1-11-5-12(2)24(23-11)17-10-20-9-16(22-17)21-8-14-4-3-13(7-19)6-15(14)18/h3-6,9-10H,8H2,1-2H3,(H,21,22). The Morgan fingerprint density at radius 3 is 2.75 bits per heavy atom. The monoisotopic (exact) mass is 322 g/mol. The van der Waals surface area contributed by atoms with Crippen molar-refractivity contribution in [3.8, 4) is 11.9 Å². The van der Waals surface area contributed by atoms with Crippen LogP contribution in [0.2, 0.25) is 0 Å². The van der Waals surface area contributed by atoms with Gasteiger partial charge in [0.1, 0.15) is 11.6 Å². The molecule has 3 rings (SSSR count). The van der Waals surface area contributed by atoms with Gasteiger partial charge in [-0.2, -0.15) is 10.4 Å². The number of rotatable bonds is 4. The maximum atomic E-state index is 13.9. The molecule has 24 heavy (non-hydrogen) atoms. The first kappa shape index (κ1) is 15.6. The Balaban J connectivity index is 1.78. The predicted octanol–water partition coefficient (Wildman–Crippen LogP) is 2.90. The molecule has 0 amide bonds. The topological polar surface area (TPSA) is 79.4 Å². The van der Waals surface area contributed by atoms with E-state index >= 15 is 0 Å². The summed E-state index contributed by atoms with van der Waals surface area (Å²) in [6, 6.07) is 8.24. The second kappa shape index (κ2) is 6.46. The number of nitrogens with one attached hydrogen (secondary N) is 1.